The average molecular weight is 623 g/mol. The number of fused-ring (bicyclic) bond motifs is 2. The summed E-state index contributed by atoms with van der Waals surface area (Å²) >= 11 is 2.91. The van der Waals surface area contributed by atoms with Crippen molar-refractivity contribution in [3.8, 4) is 11.5 Å². The predicted molar refractivity (Wildman–Crippen MR) is 176 cm³/mol. The second-order valence-electron chi connectivity index (χ2n) is 11.6. The normalized spacial score (nSPS) is 16.6. The van der Waals surface area contributed by atoms with Gasteiger partial charge >= 0.3 is 11.9 Å². The molecule has 2 heterocycles. The van der Waals surface area contributed by atoms with Gasteiger partial charge in [0.25, 0.3) is 0 Å². The molecular weight excluding hydrogens is 581 g/mol. The maximum absolute atomic E-state index is 12.2. The second-order valence-corrected chi connectivity index (χ2v) is 13.7. The molecule has 0 bridgehead atoms. The van der Waals surface area contributed by atoms with Gasteiger partial charge in [0.15, 0.2) is 0 Å². The molecule has 43 heavy (non-hydrogen) atoms. The molecule has 2 aromatic heterocycles. The van der Waals surface area contributed by atoms with E-state index < -0.39 is 5.97 Å². The first-order chi connectivity index (χ1) is 20.9. The number of aromatic carboxylic acids is 1. The molecule has 6 nitrogen and oxygen atoms in total. The lowest BCUT2D eigenvalue weighted by atomic mass is 9.89. The van der Waals surface area contributed by atoms with E-state index >= 15 is 0 Å². The smallest absolute Gasteiger partial charge is 0.348 e. The Morgan fingerprint density at radius 3 is 1.47 bits per heavy atom. The Balaban J connectivity index is 0.000000171. The van der Waals surface area contributed by atoms with Gasteiger partial charge in [-0.15, -0.1) is 22.7 Å². The fraction of sp³-hybridized carbons (Fsp3) is 0.486. The van der Waals surface area contributed by atoms with Crippen LogP contribution in [0.4, 0.5) is 0 Å². The second kappa shape index (κ2) is 14.6. The zero-order valence-electron chi connectivity index (χ0n) is 25.4. The topological polar surface area (TPSA) is 82.1 Å². The van der Waals surface area contributed by atoms with Gasteiger partial charge in [-0.3, -0.25) is 0 Å². The van der Waals surface area contributed by atoms with Crippen molar-refractivity contribution in [1.82, 2.24) is 0 Å². The molecule has 2 saturated carbocycles. The first kappa shape index (κ1) is 31.3. The summed E-state index contributed by atoms with van der Waals surface area (Å²) < 4.78 is 17.7. The molecule has 1 N–H and O–H groups in total. The SMILES string of the molecule is COC(=O)c1sc2cc(OC)ccc2c1C1CCCCCC1.COc1ccc2c(C3CCCCCC3)c(C(=O)O)sc2c1. The van der Waals surface area contributed by atoms with Crippen LogP contribution in [0.15, 0.2) is 36.4 Å². The van der Waals surface area contributed by atoms with Crippen molar-refractivity contribution < 1.29 is 28.9 Å². The van der Waals surface area contributed by atoms with Crippen LogP contribution >= 0.6 is 22.7 Å². The maximum atomic E-state index is 12.2. The Morgan fingerprint density at radius 1 is 0.651 bits per heavy atom. The number of carboxylic acids is 1. The molecule has 8 heteroatoms. The number of carbonyl (C=O) groups excluding carboxylic acids is 1. The monoisotopic (exact) mass is 622 g/mol. The predicted octanol–water partition coefficient (Wildman–Crippen LogP) is 10.2. The van der Waals surface area contributed by atoms with Crippen LogP contribution in [0.1, 0.15) is 119 Å². The van der Waals surface area contributed by atoms with Crippen molar-refractivity contribution in [1.29, 1.82) is 0 Å². The number of methoxy groups -OCH3 is 3. The fourth-order valence-electron chi connectivity index (χ4n) is 6.80. The number of hydrogen-bond donors (Lipinski definition) is 1. The number of carboxylic acid groups (broad SMARTS) is 1. The van der Waals surface area contributed by atoms with E-state index in [-0.39, 0.29) is 5.97 Å². The third kappa shape index (κ3) is 7.01. The number of hydrogen-bond acceptors (Lipinski definition) is 7. The molecule has 0 amide bonds. The Kier molecular flexibility index (Phi) is 10.6. The highest BCUT2D eigenvalue weighted by molar-refractivity contribution is 7.21. The van der Waals surface area contributed by atoms with Gasteiger partial charge in [-0.1, -0.05) is 51.4 Å². The lowest BCUT2D eigenvalue weighted by Crippen LogP contribution is -2.06. The number of benzene rings is 2. The van der Waals surface area contributed by atoms with Crippen LogP contribution in [0.5, 0.6) is 11.5 Å². The minimum atomic E-state index is -0.797. The van der Waals surface area contributed by atoms with Crippen molar-refractivity contribution in [2.45, 2.75) is 88.9 Å². The van der Waals surface area contributed by atoms with Crippen LogP contribution < -0.4 is 9.47 Å². The van der Waals surface area contributed by atoms with Crippen LogP contribution in [0.2, 0.25) is 0 Å². The molecule has 0 saturated heterocycles. The Hall–Kier alpha value is -3.10. The Labute approximate surface area is 262 Å². The number of esters is 1. The summed E-state index contributed by atoms with van der Waals surface area (Å²) in [5.74, 6) is 1.47. The third-order valence-corrected chi connectivity index (χ3v) is 11.3. The van der Waals surface area contributed by atoms with Crippen LogP contribution in [0.3, 0.4) is 0 Å². The van der Waals surface area contributed by atoms with Gasteiger partial charge in [0.1, 0.15) is 21.3 Å². The zero-order valence-corrected chi connectivity index (χ0v) is 27.0. The zero-order chi connectivity index (χ0) is 30.3. The van der Waals surface area contributed by atoms with Gasteiger partial charge in [0, 0.05) is 9.40 Å². The third-order valence-electron chi connectivity index (χ3n) is 8.96. The van der Waals surface area contributed by atoms with Gasteiger partial charge in [-0.2, -0.15) is 0 Å². The molecule has 6 rings (SSSR count). The van der Waals surface area contributed by atoms with Crippen molar-refractivity contribution in [2.24, 2.45) is 0 Å². The summed E-state index contributed by atoms with van der Waals surface area (Å²) in [5, 5.41) is 11.9. The Morgan fingerprint density at radius 2 is 1.07 bits per heavy atom. The van der Waals surface area contributed by atoms with Gasteiger partial charge in [0.2, 0.25) is 0 Å². The number of thiophene rings is 2. The first-order valence-electron chi connectivity index (χ1n) is 15.5. The van der Waals surface area contributed by atoms with Gasteiger partial charge in [-0.05, 0) is 95.8 Å². The van der Waals surface area contributed by atoms with Crippen LogP contribution in [-0.4, -0.2) is 38.4 Å². The maximum Gasteiger partial charge on any atom is 0.348 e. The van der Waals surface area contributed by atoms with Crippen LogP contribution in [0, 0.1) is 0 Å². The summed E-state index contributed by atoms with van der Waals surface area (Å²) in [5.41, 5.74) is 2.27. The van der Waals surface area contributed by atoms with E-state index in [2.05, 4.69) is 6.07 Å². The van der Waals surface area contributed by atoms with E-state index in [1.54, 1.807) is 14.2 Å². The molecule has 230 valence electrons. The molecule has 2 aliphatic rings. The molecular formula is C35H42O6S2. The first-order valence-corrected chi connectivity index (χ1v) is 17.1. The van der Waals surface area contributed by atoms with Gasteiger partial charge in [0.05, 0.1) is 21.3 Å². The highest BCUT2D eigenvalue weighted by Crippen LogP contribution is 2.44. The van der Waals surface area contributed by atoms with Crippen LogP contribution in [0.25, 0.3) is 20.2 Å². The molecule has 2 aromatic carbocycles. The van der Waals surface area contributed by atoms with E-state index in [4.69, 9.17) is 14.2 Å². The Bertz CT molecular complexity index is 1550. The standard InChI is InChI=1S/C18H22O3S.C17H20O3S/c1-20-13-9-10-14-15(11-13)22-17(18(19)21-2)16(14)12-7-5-3-4-6-8-12;1-20-12-8-9-13-14(10-12)21-16(17(18)19)15(13)11-6-4-2-3-5-7-11/h9-12H,3-8H2,1-2H3;8-11H,2-7H2,1H3,(H,18,19). The van der Waals surface area contributed by atoms with E-state index in [0.717, 1.165) is 49.6 Å². The number of ether oxygens (including phenoxy) is 3. The van der Waals surface area contributed by atoms with Gasteiger partial charge in [-0.25, -0.2) is 9.59 Å². The number of carbonyl (C=O) groups is 2. The fourth-order valence-corrected chi connectivity index (χ4v) is 9.19. The van der Waals surface area contributed by atoms with Crippen LogP contribution in [-0.2, 0) is 4.74 Å². The molecule has 0 radical (unpaired) electrons. The van der Waals surface area contributed by atoms with Gasteiger partial charge < -0.3 is 19.3 Å². The molecule has 2 aliphatic carbocycles. The summed E-state index contributed by atoms with van der Waals surface area (Å²) in [6, 6.07) is 12.0. The summed E-state index contributed by atoms with van der Waals surface area (Å²) in [7, 11) is 4.77. The quantitative estimate of drug-likeness (QED) is 0.170. The van der Waals surface area contributed by atoms with Crippen molar-refractivity contribution in [2.75, 3.05) is 21.3 Å². The molecule has 4 aromatic rings. The minimum Gasteiger partial charge on any atom is -0.497 e. The van der Waals surface area contributed by atoms with Crippen molar-refractivity contribution in [3.63, 3.8) is 0 Å². The van der Waals surface area contributed by atoms with E-state index in [1.807, 2.05) is 30.3 Å². The largest absolute Gasteiger partial charge is 0.497 e. The summed E-state index contributed by atoms with van der Waals surface area (Å²) in [4.78, 5) is 25.2. The molecule has 2 fully saturated rings. The van der Waals surface area contributed by atoms with E-state index in [9.17, 15) is 14.7 Å². The molecule has 0 unspecified atom stereocenters. The minimum absolute atomic E-state index is 0.209. The lowest BCUT2D eigenvalue weighted by molar-refractivity contribution is 0.0603. The molecule has 0 spiro atoms. The van der Waals surface area contributed by atoms with Crippen molar-refractivity contribution in [3.05, 3.63) is 57.3 Å². The highest BCUT2D eigenvalue weighted by Gasteiger charge is 2.27. The summed E-state index contributed by atoms with van der Waals surface area (Å²) in [6.07, 6.45) is 14.6. The lowest BCUT2D eigenvalue weighted by Gasteiger charge is -2.15. The van der Waals surface area contributed by atoms with E-state index in [0.29, 0.717) is 16.7 Å². The van der Waals surface area contributed by atoms with E-state index in [1.165, 1.54) is 105 Å². The number of rotatable bonds is 6. The molecule has 0 atom stereocenters. The highest BCUT2D eigenvalue weighted by atomic mass is 32.1. The average Bonchev–Trinajstić information content (AvgIpc) is 3.31. The van der Waals surface area contributed by atoms with Crippen molar-refractivity contribution >= 4 is 54.8 Å². The summed E-state index contributed by atoms with van der Waals surface area (Å²) in [6.45, 7) is 0. The molecule has 0 aliphatic heterocycles.